The van der Waals surface area contributed by atoms with E-state index in [1.165, 1.54) is 29.2 Å². The topological polar surface area (TPSA) is 49.9 Å². The van der Waals surface area contributed by atoms with E-state index in [1.54, 1.807) is 34.9 Å². The molecule has 0 fully saturated rings. The number of nitrogens with zero attached hydrogens (tertiary/aromatic N) is 2. The lowest BCUT2D eigenvalue weighted by Crippen LogP contribution is -2.45. The molecule has 6 heteroatoms. The maximum Gasteiger partial charge on any atom is 0.418 e. The normalized spacial score (nSPS) is 11.0. The van der Waals surface area contributed by atoms with Crippen LogP contribution in [0.25, 0.3) is 0 Å². The highest BCUT2D eigenvalue weighted by molar-refractivity contribution is 5.90. The number of imide groups is 1. The van der Waals surface area contributed by atoms with Gasteiger partial charge in [-0.15, -0.1) is 0 Å². The molecular formula is C15H21FN2O3. The number of halogens is 1. The molecular weight excluding hydrogens is 275 g/mol. The highest BCUT2D eigenvalue weighted by atomic mass is 19.1. The van der Waals surface area contributed by atoms with Crippen LogP contribution in [0.1, 0.15) is 26.3 Å². The summed E-state index contributed by atoms with van der Waals surface area (Å²) in [4.78, 5) is 26.5. The van der Waals surface area contributed by atoms with E-state index in [0.717, 1.165) is 4.90 Å². The first-order valence-electron chi connectivity index (χ1n) is 6.56. The molecule has 0 aromatic heterocycles. The van der Waals surface area contributed by atoms with Crippen LogP contribution in [0.4, 0.5) is 14.0 Å². The molecule has 0 aliphatic heterocycles. The number of carbonyl (C=O) groups is 2. The van der Waals surface area contributed by atoms with Crippen molar-refractivity contribution in [2.45, 2.75) is 32.9 Å². The standard InChI is InChI=1S/C15H21FN2O3/c1-15(2,3)21-14(20)18(13(19)17(4)5)10-11-6-8-12(16)9-7-11/h6-9H,10H2,1-5H3. The molecule has 0 saturated carbocycles. The van der Waals surface area contributed by atoms with Gasteiger partial charge in [0.1, 0.15) is 11.4 Å². The molecule has 0 spiro atoms. The summed E-state index contributed by atoms with van der Waals surface area (Å²) in [5.41, 5.74) is -0.0671. The largest absolute Gasteiger partial charge is 0.443 e. The van der Waals surface area contributed by atoms with Crippen molar-refractivity contribution in [1.82, 2.24) is 9.80 Å². The Morgan fingerprint density at radius 2 is 1.67 bits per heavy atom. The monoisotopic (exact) mass is 296 g/mol. The lowest BCUT2D eigenvalue weighted by atomic mass is 10.2. The van der Waals surface area contributed by atoms with Gasteiger partial charge in [-0.05, 0) is 38.5 Å². The number of hydrogen-bond donors (Lipinski definition) is 0. The Morgan fingerprint density at radius 1 is 1.14 bits per heavy atom. The minimum Gasteiger partial charge on any atom is -0.443 e. The molecule has 5 nitrogen and oxygen atoms in total. The first kappa shape index (κ1) is 16.9. The Labute approximate surface area is 124 Å². The van der Waals surface area contributed by atoms with Gasteiger partial charge >= 0.3 is 12.1 Å². The number of carbonyl (C=O) groups excluding carboxylic acids is 2. The summed E-state index contributed by atoms with van der Waals surface area (Å²) in [5, 5.41) is 0. The molecule has 3 amide bonds. The van der Waals surface area contributed by atoms with Crippen LogP contribution in [0, 0.1) is 5.82 Å². The van der Waals surface area contributed by atoms with Gasteiger partial charge in [-0.3, -0.25) is 0 Å². The molecule has 0 saturated heterocycles. The van der Waals surface area contributed by atoms with E-state index in [1.807, 2.05) is 0 Å². The summed E-state index contributed by atoms with van der Waals surface area (Å²) in [7, 11) is 3.09. The van der Waals surface area contributed by atoms with Gasteiger partial charge in [0.15, 0.2) is 0 Å². The highest BCUT2D eigenvalue weighted by Gasteiger charge is 2.28. The number of ether oxygens (including phenoxy) is 1. The third-order valence-electron chi connectivity index (χ3n) is 2.48. The van der Waals surface area contributed by atoms with Crippen LogP contribution in [-0.4, -0.2) is 41.6 Å². The van der Waals surface area contributed by atoms with E-state index in [0.29, 0.717) is 5.56 Å². The van der Waals surface area contributed by atoms with Crippen molar-refractivity contribution < 1.29 is 18.7 Å². The van der Waals surface area contributed by atoms with Gasteiger partial charge in [-0.25, -0.2) is 18.9 Å². The van der Waals surface area contributed by atoms with Crippen LogP contribution in [-0.2, 0) is 11.3 Å². The van der Waals surface area contributed by atoms with Gasteiger partial charge < -0.3 is 9.64 Å². The SMILES string of the molecule is CN(C)C(=O)N(Cc1ccc(F)cc1)C(=O)OC(C)(C)C. The average Bonchev–Trinajstić information content (AvgIpc) is 2.35. The number of rotatable bonds is 2. The second-order valence-corrected chi connectivity index (χ2v) is 5.87. The van der Waals surface area contributed by atoms with Crippen molar-refractivity contribution in [3.8, 4) is 0 Å². The molecule has 0 aliphatic carbocycles. The number of benzene rings is 1. The van der Waals surface area contributed by atoms with Gasteiger partial charge in [0.25, 0.3) is 0 Å². The molecule has 0 bridgehead atoms. The van der Waals surface area contributed by atoms with Crippen LogP contribution in [0.5, 0.6) is 0 Å². The maximum absolute atomic E-state index is 12.9. The summed E-state index contributed by atoms with van der Waals surface area (Å²) < 4.78 is 18.1. The Kier molecular flexibility index (Phi) is 5.29. The third-order valence-corrected chi connectivity index (χ3v) is 2.48. The fraction of sp³-hybridized carbons (Fsp3) is 0.467. The first-order chi connectivity index (χ1) is 9.60. The molecule has 0 atom stereocenters. The summed E-state index contributed by atoms with van der Waals surface area (Å²) in [6.45, 7) is 5.19. The minimum absolute atomic E-state index is 0.0200. The molecule has 1 rings (SSSR count). The predicted molar refractivity (Wildman–Crippen MR) is 77.3 cm³/mol. The van der Waals surface area contributed by atoms with E-state index >= 15 is 0 Å². The Bertz CT molecular complexity index is 507. The zero-order chi connectivity index (χ0) is 16.2. The van der Waals surface area contributed by atoms with Gasteiger partial charge in [-0.1, -0.05) is 12.1 Å². The number of hydrogen-bond acceptors (Lipinski definition) is 3. The third kappa shape index (κ3) is 5.41. The summed E-state index contributed by atoms with van der Waals surface area (Å²) in [5.74, 6) is -0.374. The molecule has 0 radical (unpaired) electrons. The van der Waals surface area contributed by atoms with Crippen LogP contribution in [0.2, 0.25) is 0 Å². The zero-order valence-corrected chi connectivity index (χ0v) is 13.0. The summed E-state index contributed by atoms with van der Waals surface area (Å²) in [6, 6.07) is 5.12. The summed E-state index contributed by atoms with van der Waals surface area (Å²) >= 11 is 0. The maximum atomic E-state index is 12.9. The predicted octanol–water partition coefficient (Wildman–Crippen LogP) is 3.24. The van der Waals surface area contributed by atoms with E-state index in [2.05, 4.69) is 0 Å². The van der Waals surface area contributed by atoms with Crippen molar-refractivity contribution in [1.29, 1.82) is 0 Å². The molecule has 21 heavy (non-hydrogen) atoms. The highest BCUT2D eigenvalue weighted by Crippen LogP contribution is 2.14. The average molecular weight is 296 g/mol. The van der Waals surface area contributed by atoms with Crippen molar-refractivity contribution in [2.75, 3.05) is 14.1 Å². The van der Waals surface area contributed by atoms with Gasteiger partial charge in [0, 0.05) is 14.1 Å². The molecule has 0 unspecified atom stereocenters. The van der Waals surface area contributed by atoms with E-state index < -0.39 is 17.7 Å². The zero-order valence-electron chi connectivity index (χ0n) is 13.0. The van der Waals surface area contributed by atoms with Gasteiger partial charge in [0.05, 0.1) is 6.54 Å². The molecule has 1 aromatic rings. The van der Waals surface area contributed by atoms with Gasteiger partial charge in [-0.2, -0.15) is 0 Å². The van der Waals surface area contributed by atoms with E-state index in [4.69, 9.17) is 4.74 Å². The molecule has 0 aliphatic rings. The lowest BCUT2D eigenvalue weighted by Gasteiger charge is -2.28. The second kappa shape index (κ2) is 6.56. The van der Waals surface area contributed by atoms with Crippen LogP contribution in [0.15, 0.2) is 24.3 Å². The molecule has 1 aromatic carbocycles. The molecule has 116 valence electrons. The first-order valence-corrected chi connectivity index (χ1v) is 6.56. The Balaban J connectivity index is 2.94. The van der Waals surface area contributed by atoms with E-state index in [-0.39, 0.29) is 12.4 Å². The fourth-order valence-corrected chi connectivity index (χ4v) is 1.54. The van der Waals surface area contributed by atoms with E-state index in [9.17, 15) is 14.0 Å². The van der Waals surface area contributed by atoms with Crippen LogP contribution >= 0.6 is 0 Å². The lowest BCUT2D eigenvalue weighted by molar-refractivity contribution is 0.0284. The molecule has 0 N–H and O–H groups in total. The summed E-state index contributed by atoms with van der Waals surface area (Å²) in [6.07, 6.45) is -0.731. The quantitative estimate of drug-likeness (QED) is 0.841. The van der Waals surface area contributed by atoms with Crippen LogP contribution < -0.4 is 0 Å². The minimum atomic E-state index is -0.731. The van der Waals surface area contributed by atoms with Crippen molar-refractivity contribution in [3.05, 3.63) is 35.6 Å². The Morgan fingerprint density at radius 3 is 2.10 bits per heavy atom. The smallest absolute Gasteiger partial charge is 0.418 e. The van der Waals surface area contributed by atoms with Crippen molar-refractivity contribution in [2.24, 2.45) is 0 Å². The number of urea groups is 1. The van der Waals surface area contributed by atoms with Crippen LogP contribution in [0.3, 0.4) is 0 Å². The fourth-order valence-electron chi connectivity index (χ4n) is 1.54. The van der Waals surface area contributed by atoms with Crippen molar-refractivity contribution >= 4 is 12.1 Å². The molecule has 0 heterocycles. The van der Waals surface area contributed by atoms with Crippen molar-refractivity contribution in [3.63, 3.8) is 0 Å². The van der Waals surface area contributed by atoms with Gasteiger partial charge in [0.2, 0.25) is 0 Å². The Hall–Kier alpha value is -2.11. The second-order valence-electron chi connectivity index (χ2n) is 5.87. The number of amides is 3.